The lowest BCUT2D eigenvalue weighted by Gasteiger charge is -2.35. The summed E-state index contributed by atoms with van der Waals surface area (Å²) in [4.78, 5) is 27.4. The zero-order valence-electron chi connectivity index (χ0n) is 22.4. The lowest BCUT2D eigenvalue weighted by Crippen LogP contribution is -2.42. The number of carbonyl (C=O) groups is 2. The minimum absolute atomic E-state index is 0.0152. The Morgan fingerprint density at radius 1 is 1.15 bits per heavy atom. The van der Waals surface area contributed by atoms with Gasteiger partial charge >= 0.3 is 0 Å². The van der Waals surface area contributed by atoms with Gasteiger partial charge in [-0.1, -0.05) is 38.1 Å². The van der Waals surface area contributed by atoms with Crippen molar-refractivity contribution >= 4 is 32.7 Å². The van der Waals surface area contributed by atoms with Crippen molar-refractivity contribution in [2.75, 3.05) is 19.3 Å². The second-order valence-electron chi connectivity index (χ2n) is 11.5. The van der Waals surface area contributed by atoms with Gasteiger partial charge in [0.1, 0.15) is 11.6 Å². The van der Waals surface area contributed by atoms with Crippen LogP contribution in [0.3, 0.4) is 0 Å². The van der Waals surface area contributed by atoms with Gasteiger partial charge in [-0.3, -0.25) is 14.1 Å². The lowest BCUT2D eigenvalue weighted by atomic mass is 9.70. The van der Waals surface area contributed by atoms with Gasteiger partial charge in [-0.2, -0.15) is 8.42 Å². The number of H-pyrrole nitrogens is 1. The Bertz CT molecular complexity index is 1560. The van der Waals surface area contributed by atoms with Crippen molar-refractivity contribution in [3.8, 4) is 11.3 Å². The maximum absolute atomic E-state index is 13.9. The lowest BCUT2D eigenvalue weighted by molar-refractivity contribution is -0.128. The van der Waals surface area contributed by atoms with Crippen LogP contribution in [-0.2, 0) is 27.9 Å². The van der Waals surface area contributed by atoms with E-state index >= 15 is 0 Å². The second-order valence-corrected chi connectivity index (χ2v) is 12.9. The van der Waals surface area contributed by atoms with Gasteiger partial charge in [0.05, 0.1) is 16.7 Å². The third-order valence-corrected chi connectivity index (χ3v) is 9.92. The highest BCUT2D eigenvalue weighted by atomic mass is 32.2. The van der Waals surface area contributed by atoms with E-state index in [2.05, 4.69) is 39.9 Å². The summed E-state index contributed by atoms with van der Waals surface area (Å²) in [5, 5.41) is 6.80. The molecule has 208 valence electrons. The Balaban J connectivity index is 0.000000177. The molecule has 2 heterocycles. The van der Waals surface area contributed by atoms with Crippen LogP contribution in [0.1, 0.15) is 54.6 Å². The number of Topliss-reactive ketones (excluding diaryl/α,β-unsaturated/α-hetero) is 1. The van der Waals surface area contributed by atoms with Crippen molar-refractivity contribution in [1.82, 2.24) is 15.6 Å². The minimum Gasteiger partial charge on any atom is -0.354 e. The van der Waals surface area contributed by atoms with Gasteiger partial charge in [-0.15, -0.1) is 0 Å². The quantitative estimate of drug-likeness (QED) is 0.349. The van der Waals surface area contributed by atoms with E-state index in [4.69, 9.17) is 4.55 Å². The molecular weight excluding hydrogens is 521 g/mol. The minimum atomic E-state index is -4.08. The van der Waals surface area contributed by atoms with Gasteiger partial charge in [0.15, 0.2) is 0 Å². The average molecular weight is 556 g/mol. The summed E-state index contributed by atoms with van der Waals surface area (Å²) in [7, 11) is -2.16. The summed E-state index contributed by atoms with van der Waals surface area (Å²) < 4.78 is 44.9. The highest BCUT2D eigenvalue weighted by molar-refractivity contribution is 7.85. The topological polar surface area (TPSA) is 128 Å². The summed E-state index contributed by atoms with van der Waals surface area (Å²) in [6, 6.07) is 11.0. The Kier molecular flexibility index (Phi) is 6.93. The molecule has 39 heavy (non-hydrogen) atoms. The molecular formula is C29H34FN3O5S. The third-order valence-electron chi connectivity index (χ3n) is 9.06. The van der Waals surface area contributed by atoms with E-state index in [1.807, 2.05) is 20.9 Å². The number of nitrogens with one attached hydrogen (secondary N) is 3. The van der Waals surface area contributed by atoms with Crippen LogP contribution in [0.15, 0.2) is 36.4 Å². The molecule has 8 nitrogen and oxygen atoms in total. The highest BCUT2D eigenvalue weighted by Gasteiger charge is 2.65. The first-order chi connectivity index (χ1) is 18.4. The van der Waals surface area contributed by atoms with E-state index in [1.54, 1.807) is 0 Å². The molecule has 2 aromatic carbocycles. The molecule has 1 aliphatic heterocycles. The fraction of sp³-hybridized carbons (Fsp3) is 0.448. The number of benzene rings is 2. The van der Waals surface area contributed by atoms with Crippen LogP contribution >= 0.6 is 0 Å². The number of aromatic amines is 1. The second kappa shape index (κ2) is 9.83. The van der Waals surface area contributed by atoms with Crippen LogP contribution in [0.5, 0.6) is 0 Å². The zero-order chi connectivity index (χ0) is 28.2. The number of hydrogen-bond acceptors (Lipinski definition) is 5. The van der Waals surface area contributed by atoms with Gasteiger partial charge in [0.2, 0.25) is 0 Å². The van der Waals surface area contributed by atoms with Gasteiger partial charge in [-0.25, -0.2) is 4.39 Å². The van der Waals surface area contributed by atoms with Crippen LogP contribution in [0.4, 0.5) is 4.39 Å². The van der Waals surface area contributed by atoms with Crippen molar-refractivity contribution in [3.63, 3.8) is 0 Å². The normalized spacial score (nSPS) is 23.4. The Morgan fingerprint density at radius 2 is 1.87 bits per heavy atom. The van der Waals surface area contributed by atoms with E-state index in [0.29, 0.717) is 30.5 Å². The molecule has 3 aromatic rings. The summed E-state index contributed by atoms with van der Waals surface area (Å²) in [6.07, 6.45) is 2.69. The van der Waals surface area contributed by atoms with E-state index in [0.717, 1.165) is 41.6 Å². The monoisotopic (exact) mass is 555 g/mol. The van der Waals surface area contributed by atoms with Crippen molar-refractivity contribution < 1.29 is 27.0 Å². The molecule has 0 spiro atoms. The van der Waals surface area contributed by atoms with Crippen LogP contribution in [0.25, 0.3) is 22.2 Å². The zero-order valence-corrected chi connectivity index (χ0v) is 23.2. The number of carbonyl (C=O) groups excluding carboxylic acids is 2. The number of amides is 1. The van der Waals surface area contributed by atoms with Crippen LogP contribution in [-0.4, -0.2) is 49.0 Å². The van der Waals surface area contributed by atoms with Gasteiger partial charge in [-0.05, 0) is 66.5 Å². The predicted octanol–water partition coefficient (Wildman–Crippen LogP) is 4.25. The molecule has 2 atom stereocenters. The molecule has 0 radical (unpaired) electrons. The highest BCUT2D eigenvalue weighted by Crippen LogP contribution is 2.64. The molecule has 2 saturated carbocycles. The van der Waals surface area contributed by atoms with Crippen molar-refractivity contribution in [3.05, 3.63) is 58.9 Å². The number of fused-ring (bicyclic) bond motifs is 2. The maximum atomic E-state index is 13.9. The molecule has 10 heteroatoms. The summed E-state index contributed by atoms with van der Waals surface area (Å²) in [5.41, 5.74) is 4.24. The first kappa shape index (κ1) is 27.5. The molecule has 1 amide bonds. The molecule has 3 aliphatic rings. The summed E-state index contributed by atoms with van der Waals surface area (Å²) in [6.45, 7) is 5.25. The third kappa shape index (κ3) is 4.79. The standard InChI is InChI=1S/C19H18FN3O.C10H16O4S/c1-21-10-11-2-4-12(5-3-11)18-14-6-7-22-19(24)15-8-13(20)9-16(23-18)17(14)15;1-9(2)7-3-4-10(9,8(11)5-7)6-15(12,13)14/h2-5,8-9,21,23H,6-7,10H2,1H3,(H,22,24);7H,3-6H2,1-2H3,(H,12,13,14)/t;7?,10-/m.0/s1. The molecule has 4 N–H and O–H groups in total. The smallest absolute Gasteiger partial charge is 0.265 e. The van der Waals surface area contributed by atoms with Crippen molar-refractivity contribution in [1.29, 1.82) is 0 Å². The molecule has 1 unspecified atom stereocenters. The fourth-order valence-electron chi connectivity index (χ4n) is 6.85. The first-order valence-electron chi connectivity index (χ1n) is 13.2. The fourth-order valence-corrected chi connectivity index (χ4v) is 8.15. The molecule has 1 aromatic heterocycles. The van der Waals surface area contributed by atoms with Gasteiger partial charge in [0.25, 0.3) is 16.0 Å². The molecule has 2 bridgehead atoms. The Morgan fingerprint density at radius 3 is 2.46 bits per heavy atom. The van der Waals surface area contributed by atoms with Crippen LogP contribution < -0.4 is 10.6 Å². The maximum Gasteiger partial charge on any atom is 0.265 e. The number of rotatable bonds is 5. The van der Waals surface area contributed by atoms with Crippen molar-refractivity contribution in [2.24, 2.45) is 16.7 Å². The van der Waals surface area contributed by atoms with Crippen LogP contribution in [0, 0.1) is 22.6 Å². The molecule has 0 saturated heterocycles. The molecule has 2 aliphatic carbocycles. The van der Waals surface area contributed by atoms with Gasteiger partial charge < -0.3 is 15.6 Å². The van der Waals surface area contributed by atoms with Crippen molar-refractivity contribution in [2.45, 2.75) is 46.1 Å². The number of halogens is 1. The first-order valence-corrected chi connectivity index (χ1v) is 14.8. The summed E-state index contributed by atoms with van der Waals surface area (Å²) in [5.74, 6) is -0.720. The SMILES string of the molecule is CC1(C)C2CC[C@]1(CS(=O)(=O)O)C(=O)C2.CNCc1ccc(-c2[nH]c3cc(F)cc4c3c2CCNC4=O)cc1. The Labute approximate surface area is 227 Å². The number of hydrogen-bond donors (Lipinski definition) is 4. The van der Waals surface area contributed by atoms with Crippen LogP contribution in [0.2, 0.25) is 0 Å². The van der Waals surface area contributed by atoms with E-state index < -0.39 is 27.1 Å². The molecule has 6 rings (SSSR count). The number of aromatic nitrogens is 1. The number of ketones is 1. The Hall–Kier alpha value is -3.08. The van der Waals surface area contributed by atoms with Gasteiger partial charge in [0, 0.05) is 36.1 Å². The molecule has 2 fully saturated rings. The van der Waals surface area contributed by atoms with E-state index in [-0.39, 0.29) is 23.0 Å². The summed E-state index contributed by atoms with van der Waals surface area (Å²) >= 11 is 0. The van der Waals surface area contributed by atoms with E-state index in [9.17, 15) is 22.4 Å². The predicted molar refractivity (Wildman–Crippen MR) is 147 cm³/mol. The largest absolute Gasteiger partial charge is 0.354 e. The van der Waals surface area contributed by atoms with E-state index in [1.165, 1.54) is 17.7 Å². The average Bonchev–Trinajstić information content (AvgIpc) is 3.33.